The summed E-state index contributed by atoms with van der Waals surface area (Å²) in [6.07, 6.45) is 0.0547. The predicted molar refractivity (Wildman–Crippen MR) is 73.6 cm³/mol. The van der Waals surface area contributed by atoms with Gasteiger partial charge in [0.05, 0.1) is 0 Å². The van der Waals surface area contributed by atoms with Crippen molar-refractivity contribution < 1.29 is 14.4 Å². The summed E-state index contributed by atoms with van der Waals surface area (Å²) in [4.78, 5) is 36.5. The number of hydrogen-bond acceptors (Lipinski definition) is 4. The molecule has 0 aliphatic carbocycles. The van der Waals surface area contributed by atoms with Gasteiger partial charge in [-0.05, 0) is 7.05 Å². The molecule has 0 saturated heterocycles. The molecular weight excluding hydrogens is 246 g/mol. The van der Waals surface area contributed by atoms with Gasteiger partial charge >= 0.3 is 0 Å². The highest BCUT2D eigenvalue weighted by molar-refractivity contribution is 5.92. The number of Topliss-reactive ketones (excluding diaryl/α,β-unsaturated/α-hetero) is 1. The Balaban J connectivity index is 4.71. The summed E-state index contributed by atoms with van der Waals surface area (Å²) in [6, 6.07) is -0.732. The van der Waals surface area contributed by atoms with E-state index in [9.17, 15) is 14.4 Å². The topological polar surface area (TPSA) is 78.5 Å². The van der Waals surface area contributed by atoms with E-state index < -0.39 is 6.04 Å². The van der Waals surface area contributed by atoms with Gasteiger partial charge in [0, 0.05) is 39.4 Å². The highest BCUT2D eigenvalue weighted by atomic mass is 16.2. The lowest BCUT2D eigenvalue weighted by atomic mass is 10.00. The molecule has 0 rings (SSSR count). The van der Waals surface area contributed by atoms with Crippen molar-refractivity contribution >= 4 is 17.6 Å². The minimum Gasteiger partial charge on any atom is -0.353 e. The van der Waals surface area contributed by atoms with Gasteiger partial charge in [-0.25, -0.2) is 0 Å². The van der Waals surface area contributed by atoms with Crippen LogP contribution in [0.5, 0.6) is 0 Å². The monoisotopic (exact) mass is 271 g/mol. The SMILES string of the molecule is CNCCNC(=O)C(CC(=O)C(C)C)N(C)C(C)=O. The van der Waals surface area contributed by atoms with Crippen molar-refractivity contribution in [3.8, 4) is 0 Å². The molecule has 1 atom stereocenters. The van der Waals surface area contributed by atoms with Gasteiger partial charge in [-0.3, -0.25) is 14.4 Å². The lowest BCUT2D eigenvalue weighted by Crippen LogP contribution is -2.49. The van der Waals surface area contributed by atoms with E-state index in [0.29, 0.717) is 13.1 Å². The van der Waals surface area contributed by atoms with Crippen molar-refractivity contribution in [3.05, 3.63) is 0 Å². The number of nitrogens with one attached hydrogen (secondary N) is 2. The van der Waals surface area contributed by atoms with Crippen LogP contribution in [0.2, 0.25) is 0 Å². The molecule has 2 N–H and O–H groups in total. The van der Waals surface area contributed by atoms with E-state index in [4.69, 9.17) is 0 Å². The van der Waals surface area contributed by atoms with Gasteiger partial charge in [-0.1, -0.05) is 13.8 Å². The fourth-order valence-electron chi connectivity index (χ4n) is 1.48. The van der Waals surface area contributed by atoms with Crippen LogP contribution in [0.1, 0.15) is 27.2 Å². The number of ketones is 1. The summed E-state index contributed by atoms with van der Waals surface area (Å²) >= 11 is 0. The maximum atomic E-state index is 12.0. The van der Waals surface area contributed by atoms with Crippen LogP contribution in [0, 0.1) is 5.92 Å². The van der Waals surface area contributed by atoms with Gasteiger partial charge in [0.25, 0.3) is 0 Å². The average molecular weight is 271 g/mol. The number of rotatable bonds is 8. The molecule has 110 valence electrons. The Bertz CT molecular complexity index is 329. The van der Waals surface area contributed by atoms with Gasteiger partial charge in [-0.15, -0.1) is 0 Å². The number of likely N-dealkylation sites (N-methyl/N-ethyl adjacent to an activating group) is 2. The molecule has 6 nitrogen and oxygen atoms in total. The van der Waals surface area contributed by atoms with E-state index in [2.05, 4.69) is 10.6 Å². The molecule has 0 bridgehead atoms. The molecule has 0 aliphatic heterocycles. The zero-order chi connectivity index (χ0) is 15.0. The maximum Gasteiger partial charge on any atom is 0.243 e. The van der Waals surface area contributed by atoms with E-state index in [1.807, 2.05) is 0 Å². The molecule has 0 aliphatic rings. The fraction of sp³-hybridized carbons (Fsp3) is 0.769. The summed E-state index contributed by atoms with van der Waals surface area (Å²) in [5, 5.41) is 5.63. The molecule has 1 unspecified atom stereocenters. The van der Waals surface area contributed by atoms with Crippen LogP contribution < -0.4 is 10.6 Å². The quantitative estimate of drug-likeness (QED) is 0.599. The van der Waals surface area contributed by atoms with Crippen LogP contribution in [-0.4, -0.2) is 55.7 Å². The van der Waals surface area contributed by atoms with Crippen LogP contribution in [0.15, 0.2) is 0 Å². The first-order valence-corrected chi connectivity index (χ1v) is 6.49. The smallest absolute Gasteiger partial charge is 0.243 e. The molecule has 6 heteroatoms. The van der Waals surface area contributed by atoms with Crippen molar-refractivity contribution in [1.29, 1.82) is 0 Å². The van der Waals surface area contributed by atoms with E-state index in [1.54, 1.807) is 20.9 Å². The van der Waals surface area contributed by atoms with E-state index in [-0.39, 0.29) is 29.9 Å². The summed E-state index contributed by atoms with van der Waals surface area (Å²) in [6.45, 7) is 6.06. The first-order chi connectivity index (χ1) is 8.81. The number of amides is 2. The van der Waals surface area contributed by atoms with Crippen LogP contribution in [-0.2, 0) is 14.4 Å². The molecule has 0 aromatic carbocycles. The van der Waals surface area contributed by atoms with Crippen LogP contribution in [0.3, 0.4) is 0 Å². The Morgan fingerprint density at radius 1 is 1.16 bits per heavy atom. The summed E-state index contributed by atoms with van der Waals surface area (Å²) < 4.78 is 0. The number of carbonyl (C=O) groups excluding carboxylic acids is 3. The average Bonchev–Trinajstić information content (AvgIpc) is 2.34. The summed E-state index contributed by atoms with van der Waals surface area (Å²) in [5.41, 5.74) is 0. The first-order valence-electron chi connectivity index (χ1n) is 6.49. The summed E-state index contributed by atoms with van der Waals surface area (Å²) in [5.74, 6) is -0.692. The molecule has 0 saturated carbocycles. The van der Waals surface area contributed by atoms with Gasteiger partial charge in [0.15, 0.2) is 0 Å². The van der Waals surface area contributed by atoms with Crippen LogP contribution in [0.25, 0.3) is 0 Å². The number of nitrogens with zero attached hydrogens (tertiary/aromatic N) is 1. The molecule has 0 heterocycles. The Morgan fingerprint density at radius 3 is 2.16 bits per heavy atom. The minimum absolute atomic E-state index is 0.0260. The van der Waals surface area contributed by atoms with Crippen molar-refractivity contribution in [1.82, 2.24) is 15.5 Å². The molecular formula is C13H25N3O3. The Hall–Kier alpha value is -1.43. The molecule has 0 aromatic heterocycles. The maximum absolute atomic E-state index is 12.0. The Morgan fingerprint density at radius 2 is 1.74 bits per heavy atom. The standard InChI is InChI=1S/C13H25N3O3/c1-9(2)12(18)8-11(16(5)10(3)17)13(19)15-7-6-14-4/h9,11,14H,6-8H2,1-5H3,(H,15,19). The number of hydrogen-bond donors (Lipinski definition) is 2. The Kier molecular flexibility index (Phi) is 7.98. The number of carbonyl (C=O) groups is 3. The normalized spacial score (nSPS) is 12.1. The van der Waals surface area contributed by atoms with Crippen molar-refractivity contribution in [3.63, 3.8) is 0 Å². The fourth-order valence-corrected chi connectivity index (χ4v) is 1.48. The van der Waals surface area contributed by atoms with E-state index in [1.165, 1.54) is 18.9 Å². The molecule has 0 fully saturated rings. The Labute approximate surface area is 114 Å². The van der Waals surface area contributed by atoms with Crippen LogP contribution >= 0.6 is 0 Å². The predicted octanol–water partition coefficient (Wildman–Crippen LogP) is -0.216. The van der Waals surface area contributed by atoms with Gasteiger partial charge in [0.1, 0.15) is 11.8 Å². The van der Waals surface area contributed by atoms with Crippen LogP contribution in [0.4, 0.5) is 0 Å². The molecule has 19 heavy (non-hydrogen) atoms. The van der Waals surface area contributed by atoms with E-state index in [0.717, 1.165) is 0 Å². The van der Waals surface area contributed by atoms with E-state index >= 15 is 0 Å². The molecule has 2 amide bonds. The third-order valence-electron chi connectivity index (χ3n) is 2.98. The second kappa shape index (κ2) is 8.63. The van der Waals surface area contributed by atoms with Gasteiger partial charge in [-0.2, -0.15) is 0 Å². The lowest BCUT2D eigenvalue weighted by molar-refractivity contribution is -0.139. The van der Waals surface area contributed by atoms with Crippen molar-refractivity contribution in [2.24, 2.45) is 5.92 Å². The summed E-state index contributed by atoms with van der Waals surface area (Å²) in [7, 11) is 3.33. The van der Waals surface area contributed by atoms with Gasteiger partial charge in [0.2, 0.25) is 11.8 Å². The van der Waals surface area contributed by atoms with Crippen molar-refractivity contribution in [2.75, 3.05) is 27.2 Å². The zero-order valence-corrected chi connectivity index (χ0v) is 12.4. The highest BCUT2D eigenvalue weighted by Gasteiger charge is 2.28. The second-order valence-electron chi connectivity index (χ2n) is 4.87. The third-order valence-corrected chi connectivity index (χ3v) is 2.98. The molecule has 0 spiro atoms. The van der Waals surface area contributed by atoms with Gasteiger partial charge < -0.3 is 15.5 Å². The second-order valence-corrected chi connectivity index (χ2v) is 4.87. The molecule has 0 aromatic rings. The zero-order valence-electron chi connectivity index (χ0n) is 12.4. The van der Waals surface area contributed by atoms with Crippen molar-refractivity contribution in [2.45, 2.75) is 33.2 Å². The largest absolute Gasteiger partial charge is 0.353 e. The first kappa shape index (κ1) is 17.6. The highest BCUT2D eigenvalue weighted by Crippen LogP contribution is 2.08. The molecule has 0 radical (unpaired) electrons. The minimum atomic E-state index is -0.732. The lowest BCUT2D eigenvalue weighted by Gasteiger charge is -2.26. The third kappa shape index (κ3) is 6.33.